The molecule has 3 aromatic rings. The fraction of sp³-hybridized carbons (Fsp3) is 0.238. The van der Waals surface area contributed by atoms with E-state index in [1.165, 1.54) is 30.3 Å². The molecule has 1 aromatic heterocycles. The number of hydrogen-bond donors (Lipinski definition) is 1. The van der Waals surface area contributed by atoms with E-state index in [0.717, 1.165) is 29.8 Å². The number of H-pyrrole nitrogens is 1. The number of halogens is 2. The minimum absolute atomic E-state index is 0.140. The van der Waals surface area contributed by atoms with Crippen LogP contribution in [0.4, 0.5) is 8.78 Å². The van der Waals surface area contributed by atoms with Crippen LogP contribution in [0.5, 0.6) is 5.75 Å². The first kappa shape index (κ1) is 19.5. The molecular weight excluding hydrogens is 364 g/mol. The molecule has 0 fully saturated rings. The summed E-state index contributed by atoms with van der Waals surface area (Å²) in [4.78, 5) is 13.7. The standard InChI is InChI=1S/C21H21F2N3O2/c1-26(21(27)14-28-19-6-2-4-17(23)12-19)11-3-5-18-13-20(25-24-18)15-7-9-16(22)10-8-15/h2,4,6-10,12-13H,3,5,11,14H2,1H3,(H,24,25). The van der Waals surface area contributed by atoms with Crippen LogP contribution in [0.3, 0.4) is 0 Å². The Kier molecular flexibility index (Phi) is 6.37. The van der Waals surface area contributed by atoms with E-state index in [-0.39, 0.29) is 18.3 Å². The first-order valence-corrected chi connectivity index (χ1v) is 8.94. The smallest absolute Gasteiger partial charge is 0.260 e. The van der Waals surface area contributed by atoms with Gasteiger partial charge in [0.2, 0.25) is 0 Å². The number of benzene rings is 2. The van der Waals surface area contributed by atoms with Gasteiger partial charge >= 0.3 is 0 Å². The van der Waals surface area contributed by atoms with Crippen molar-refractivity contribution in [3.8, 4) is 17.0 Å². The van der Waals surface area contributed by atoms with Gasteiger partial charge in [0.15, 0.2) is 6.61 Å². The molecule has 1 heterocycles. The maximum Gasteiger partial charge on any atom is 0.260 e. The number of aromatic amines is 1. The van der Waals surface area contributed by atoms with Crippen molar-refractivity contribution in [2.45, 2.75) is 12.8 Å². The SMILES string of the molecule is CN(CCCc1cc(-c2ccc(F)cc2)n[nH]1)C(=O)COc1cccc(F)c1. The predicted octanol–water partition coefficient (Wildman–Crippen LogP) is 3.82. The molecule has 0 aliphatic heterocycles. The van der Waals surface area contributed by atoms with Crippen molar-refractivity contribution < 1.29 is 18.3 Å². The minimum atomic E-state index is -0.405. The summed E-state index contributed by atoms with van der Waals surface area (Å²) in [7, 11) is 1.70. The second kappa shape index (κ2) is 9.12. The normalized spacial score (nSPS) is 10.7. The maximum absolute atomic E-state index is 13.1. The van der Waals surface area contributed by atoms with Crippen molar-refractivity contribution in [3.63, 3.8) is 0 Å². The molecule has 0 aliphatic rings. The summed E-state index contributed by atoms with van der Waals surface area (Å²) in [6.07, 6.45) is 1.46. The van der Waals surface area contributed by atoms with E-state index in [2.05, 4.69) is 10.2 Å². The monoisotopic (exact) mass is 385 g/mol. The molecule has 3 rings (SSSR count). The van der Waals surface area contributed by atoms with Crippen LogP contribution in [-0.4, -0.2) is 41.2 Å². The van der Waals surface area contributed by atoms with Gasteiger partial charge in [-0.3, -0.25) is 9.89 Å². The highest BCUT2D eigenvalue weighted by atomic mass is 19.1. The van der Waals surface area contributed by atoms with E-state index in [4.69, 9.17) is 4.74 Å². The molecule has 2 aromatic carbocycles. The van der Waals surface area contributed by atoms with Gasteiger partial charge in [-0.2, -0.15) is 5.10 Å². The summed E-state index contributed by atoms with van der Waals surface area (Å²) in [6, 6.07) is 13.8. The van der Waals surface area contributed by atoms with Gasteiger partial charge in [0.1, 0.15) is 17.4 Å². The lowest BCUT2D eigenvalue weighted by Crippen LogP contribution is -2.32. The Morgan fingerprint density at radius 2 is 1.89 bits per heavy atom. The lowest BCUT2D eigenvalue weighted by molar-refractivity contribution is -0.132. The molecule has 1 N–H and O–H groups in total. The third kappa shape index (κ3) is 5.39. The number of hydrogen-bond acceptors (Lipinski definition) is 3. The van der Waals surface area contributed by atoms with Crippen LogP contribution in [0.2, 0.25) is 0 Å². The summed E-state index contributed by atoms with van der Waals surface area (Å²) in [5.41, 5.74) is 2.53. The highest BCUT2D eigenvalue weighted by Crippen LogP contribution is 2.18. The van der Waals surface area contributed by atoms with Crippen LogP contribution < -0.4 is 4.74 Å². The average molecular weight is 385 g/mol. The molecule has 0 saturated carbocycles. The zero-order valence-electron chi connectivity index (χ0n) is 15.5. The van der Waals surface area contributed by atoms with Crippen molar-refractivity contribution in [1.29, 1.82) is 0 Å². The summed E-state index contributed by atoms with van der Waals surface area (Å²) >= 11 is 0. The third-order valence-electron chi connectivity index (χ3n) is 4.29. The predicted molar refractivity (Wildman–Crippen MR) is 102 cm³/mol. The summed E-state index contributed by atoms with van der Waals surface area (Å²) in [5.74, 6) is -0.542. The molecule has 0 radical (unpaired) electrons. The first-order chi connectivity index (χ1) is 13.5. The molecule has 0 bridgehead atoms. The van der Waals surface area contributed by atoms with Gasteiger partial charge < -0.3 is 9.64 Å². The van der Waals surface area contributed by atoms with E-state index in [9.17, 15) is 13.6 Å². The van der Waals surface area contributed by atoms with Crippen LogP contribution in [0.25, 0.3) is 11.3 Å². The van der Waals surface area contributed by atoms with Crippen LogP contribution in [0.15, 0.2) is 54.6 Å². The van der Waals surface area contributed by atoms with Crippen LogP contribution >= 0.6 is 0 Å². The zero-order chi connectivity index (χ0) is 19.9. The number of likely N-dealkylation sites (N-methyl/N-ethyl adjacent to an activating group) is 1. The van der Waals surface area contributed by atoms with Gasteiger partial charge in [0.25, 0.3) is 5.91 Å². The van der Waals surface area contributed by atoms with Gasteiger partial charge in [-0.25, -0.2) is 8.78 Å². The molecule has 5 nitrogen and oxygen atoms in total. The number of carbonyl (C=O) groups is 1. The third-order valence-corrected chi connectivity index (χ3v) is 4.29. The Morgan fingerprint density at radius 1 is 1.11 bits per heavy atom. The number of aryl methyl sites for hydroxylation is 1. The van der Waals surface area contributed by atoms with Crippen LogP contribution in [0, 0.1) is 11.6 Å². The Bertz CT molecular complexity index is 925. The molecule has 0 unspecified atom stereocenters. The molecule has 0 saturated heterocycles. The number of carbonyl (C=O) groups excluding carboxylic acids is 1. The fourth-order valence-corrected chi connectivity index (χ4v) is 2.70. The molecule has 1 amide bonds. The first-order valence-electron chi connectivity index (χ1n) is 8.94. The minimum Gasteiger partial charge on any atom is -0.484 e. The number of rotatable bonds is 8. The van der Waals surface area contributed by atoms with Crippen molar-refractivity contribution in [2.75, 3.05) is 20.2 Å². The number of amides is 1. The number of ether oxygens (including phenoxy) is 1. The molecule has 0 spiro atoms. The average Bonchev–Trinajstić information content (AvgIpc) is 3.15. The van der Waals surface area contributed by atoms with Gasteiger partial charge in [0.05, 0.1) is 5.69 Å². The van der Waals surface area contributed by atoms with Gasteiger partial charge in [-0.1, -0.05) is 6.07 Å². The van der Waals surface area contributed by atoms with Crippen LogP contribution in [-0.2, 0) is 11.2 Å². The molecule has 0 aliphatic carbocycles. The Morgan fingerprint density at radius 3 is 2.64 bits per heavy atom. The Balaban J connectivity index is 1.43. The zero-order valence-corrected chi connectivity index (χ0v) is 15.5. The lowest BCUT2D eigenvalue weighted by atomic mass is 10.1. The molecule has 28 heavy (non-hydrogen) atoms. The number of aromatic nitrogens is 2. The largest absolute Gasteiger partial charge is 0.484 e. The maximum atomic E-state index is 13.1. The quantitative estimate of drug-likeness (QED) is 0.641. The van der Waals surface area contributed by atoms with E-state index in [1.807, 2.05) is 6.07 Å². The molecule has 7 heteroatoms. The second-order valence-electron chi connectivity index (χ2n) is 6.45. The van der Waals surface area contributed by atoms with E-state index < -0.39 is 5.82 Å². The second-order valence-corrected chi connectivity index (χ2v) is 6.45. The molecule has 146 valence electrons. The van der Waals surface area contributed by atoms with Crippen molar-refractivity contribution in [1.82, 2.24) is 15.1 Å². The van der Waals surface area contributed by atoms with E-state index in [0.29, 0.717) is 12.3 Å². The highest BCUT2D eigenvalue weighted by molar-refractivity contribution is 5.77. The Hall–Kier alpha value is -3.22. The number of nitrogens with one attached hydrogen (secondary N) is 1. The number of nitrogens with zero attached hydrogens (tertiary/aromatic N) is 2. The van der Waals surface area contributed by atoms with E-state index in [1.54, 1.807) is 30.1 Å². The lowest BCUT2D eigenvalue weighted by Gasteiger charge is -2.17. The van der Waals surface area contributed by atoms with Gasteiger partial charge in [-0.15, -0.1) is 0 Å². The fourth-order valence-electron chi connectivity index (χ4n) is 2.70. The topological polar surface area (TPSA) is 58.2 Å². The summed E-state index contributed by atoms with van der Waals surface area (Å²) in [5, 5.41) is 7.21. The van der Waals surface area contributed by atoms with Crippen molar-refractivity contribution in [3.05, 3.63) is 71.9 Å². The van der Waals surface area contributed by atoms with Crippen LogP contribution in [0.1, 0.15) is 12.1 Å². The highest BCUT2D eigenvalue weighted by Gasteiger charge is 2.10. The van der Waals surface area contributed by atoms with Gasteiger partial charge in [-0.05, 0) is 55.3 Å². The summed E-state index contributed by atoms with van der Waals surface area (Å²) in [6.45, 7) is 0.412. The summed E-state index contributed by atoms with van der Waals surface area (Å²) < 4.78 is 31.4. The van der Waals surface area contributed by atoms with E-state index >= 15 is 0 Å². The van der Waals surface area contributed by atoms with Gasteiger partial charge in [0, 0.05) is 30.9 Å². The van der Waals surface area contributed by atoms with Crippen molar-refractivity contribution >= 4 is 5.91 Å². The molecular formula is C21H21F2N3O2. The molecule has 0 atom stereocenters. The van der Waals surface area contributed by atoms with Crippen molar-refractivity contribution in [2.24, 2.45) is 0 Å². The Labute approximate surface area is 161 Å².